The second kappa shape index (κ2) is 5.28. The highest BCUT2D eigenvalue weighted by Crippen LogP contribution is 2.36. The van der Waals surface area contributed by atoms with Gasteiger partial charge >= 0.3 is 6.18 Å². The van der Waals surface area contributed by atoms with Crippen molar-refractivity contribution in [1.29, 1.82) is 0 Å². The molecule has 1 saturated carbocycles. The van der Waals surface area contributed by atoms with Crippen LogP contribution in [-0.4, -0.2) is 22.2 Å². The van der Waals surface area contributed by atoms with Gasteiger partial charge in [-0.3, -0.25) is 10.1 Å². The van der Waals surface area contributed by atoms with Gasteiger partial charge in [-0.05, 0) is 31.4 Å². The zero-order valence-corrected chi connectivity index (χ0v) is 10.4. The topological polar surface area (TPSA) is 75.4 Å². The molecular formula is C12H13F3N2O3. The van der Waals surface area contributed by atoms with Crippen molar-refractivity contribution in [1.82, 2.24) is 0 Å². The first-order valence-electron chi connectivity index (χ1n) is 6.09. The molecule has 0 aliphatic heterocycles. The first kappa shape index (κ1) is 14.6. The Kier molecular flexibility index (Phi) is 3.85. The Morgan fingerprint density at radius 1 is 1.35 bits per heavy atom. The number of anilines is 1. The fraction of sp³-hybridized carbons (Fsp3) is 0.500. The maximum absolute atomic E-state index is 12.5. The molecule has 1 aromatic carbocycles. The van der Waals surface area contributed by atoms with E-state index in [-0.39, 0.29) is 11.7 Å². The normalized spacial score (nSPS) is 22.8. The SMILES string of the molecule is O=[N+]([O-])c1cc(C(F)(F)F)ccc1N[C@@H]1CCC[C@H]1O. The summed E-state index contributed by atoms with van der Waals surface area (Å²) in [5, 5.41) is 23.3. The molecule has 0 heterocycles. The molecule has 1 fully saturated rings. The molecule has 0 unspecified atom stereocenters. The number of nitro groups is 1. The summed E-state index contributed by atoms with van der Waals surface area (Å²) in [6.45, 7) is 0. The van der Waals surface area contributed by atoms with Crippen LogP contribution in [0.3, 0.4) is 0 Å². The van der Waals surface area contributed by atoms with Crippen LogP contribution in [0.5, 0.6) is 0 Å². The second-order valence-corrected chi connectivity index (χ2v) is 4.74. The van der Waals surface area contributed by atoms with Crippen LogP contribution in [0.1, 0.15) is 24.8 Å². The lowest BCUT2D eigenvalue weighted by Crippen LogP contribution is -2.28. The maximum Gasteiger partial charge on any atom is 0.416 e. The van der Waals surface area contributed by atoms with Gasteiger partial charge in [-0.2, -0.15) is 13.2 Å². The van der Waals surface area contributed by atoms with Gasteiger partial charge in [0.1, 0.15) is 5.69 Å². The van der Waals surface area contributed by atoms with Gasteiger partial charge in [0.15, 0.2) is 0 Å². The molecule has 2 atom stereocenters. The summed E-state index contributed by atoms with van der Waals surface area (Å²) in [5.74, 6) is 0. The highest BCUT2D eigenvalue weighted by Gasteiger charge is 2.34. The molecule has 2 rings (SSSR count). The summed E-state index contributed by atoms with van der Waals surface area (Å²) in [6, 6.07) is 1.96. The Morgan fingerprint density at radius 3 is 2.55 bits per heavy atom. The minimum atomic E-state index is -4.63. The van der Waals surface area contributed by atoms with E-state index in [0.717, 1.165) is 18.6 Å². The highest BCUT2D eigenvalue weighted by molar-refractivity contribution is 5.63. The summed E-state index contributed by atoms with van der Waals surface area (Å²) in [5.41, 5.74) is -1.71. The lowest BCUT2D eigenvalue weighted by atomic mass is 10.1. The number of aliphatic hydroxyl groups is 1. The summed E-state index contributed by atoms with van der Waals surface area (Å²) < 4.78 is 37.6. The van der Waals surface area contributed by atoms with Crippen LogP contribution in [0.25, 0.3) is 0 Å². The molecule has 0 bridgehead atoms. The van der Waals surface area contributed by atoms with E-state index in [4.69, 9.17) is 0 Å². The lowest BCUT2D eigenvalue weighted by Gasteiger charge is -2.18. The van der Waals surface area contributed by atoms with Gasteiger partial charge in [0.05, 0.1) is 22.6 Å². The number of nitrogens with one attached hydrogen (secondary N) is 1. The van der Waals surface area contributed by atoms with Gasteiger partial charge < -0.3 is 10.4 Å². The van der Waals surface area contributed by atoms with Crippen LogP contribution >= 0.6 is 0 Å². The summed E-state index contributed by atoms with van der Waals surface area (Å²) >= 11 is 0. The minimum Gasteiger partial charge on any atom is -0.391 e. The highest BCUT2D eigenvalue weighted by atomic mass is 19.4. The van der Waals surface area contributed by atoms with E-state index in [1.165, 1.54) is 0 Å². The second-order valence-electron chi connectivity index (χ2n) is 4.74. The minimum absolute atomic E-state index is 0.00560. The Morgan fingerprint density at radius 2 is 2.05 bits per heavy atom. The molecule has 8 heteroatoms. The van der Waals surface area contributed by atoms with Crippen LogP contribution in [0.2, 0.25) is 0 Å². The molecule has 110 valence electrons. The molecule has 1 aromatic rings. The fourth-order valence-corrected chi connectivity index (χ4v) is 2.29. The summed E-state index contributed by atoms with van der Waals surface area (Å²) in [7, 11) is 0. The molecule has 20 heavy (non-hydrogen) atoms. The number of nitrogens with zero attached hydrogens (tertiary/aromatic N) is 1. The van der Waals surface area contributed by atoms with Crippen LogP contribution in [0.15, 0.2) is 18.2 Å². The molecule has 0 saturated heterocycles. The molecular weight excluding hydrogens is 277 g/mol. The van der Waals surface area contributed by atoms with E-state index >= 15 is 0 Å². The van der Waals surface area contributed by atoms with Crippen LogP contribution in [0.4, 0.5) is 24.5 Å². The van der Waals surface area contributed by atoms with Crippen LogP contribution in [-0.2, 0) is 6.18 Å². The van der Waals surface area contributed by atoms with E-state index in [1.807, 2.05) is 0 Å². The third-order valence-corrected chi connectivity index (χ3v) is 3.34. The van der Waals surface area contributed by atoms with Gasteiger partial charge in [0.2, 0.25) is 0 Å². The zero-order valence-electron chi connectivity index (χ0n) is 10.4. The first-order valence-corrected chi connectivity index (χ1v) is 6.09. The number of hydrogen-bond donors (Lipinski definition) is 2. The number of rotatable bonds is 3. The van der Waals surface area contributed by atoms with Gasteiger partial charge in [-0.1, -0.05) is 0 Å². The van der Waals surface area contributed by atoms with Crippen molar-refractivity contribution < 1.29 is 23.2 Å². The summed E-state index contributed by atoms with van der Waals surface area (Å²) in [6.07, 6.45) is -3.30. The quantitative estimate of drug-likeness (QED) is 0.663. The fourth-order valence-electron chi connectivity index (χ4n) is 2.29. The number of halogens is 3. The third-order valence-electron chi connectivity index (χ3n) is 3.34. The van der Waals surface area contributed by atoms with Crippen molar-refractivity contribution >= 4 is 11.4 Å². The first-order chi connectivity index (χ1) is 9.29. The Bertz CT molecular complexity index is 519. The molecule has 0 radical (unpaired) electrons. The molecule has 2 N–H and O–H groups in total. The van der Waals surface area contributed by atoms with Crippen molar-refractivity contribution in [3.8, 4) is 0 Å². The Balaban J connectivity index is 2.31. The maximum atomic E-state index is 12.5. The smallest absolute Gasteiger partial charge is 0.391 e. The predicted octanol–water partition coefficient (Wildman–Crippen LogP) is 2.94. The van der Waals surface area contributed by atoms with Gasteiger partial charge in [0, 0.05) is 6.07 Å². The molecule has 0 amide bonds. The van der Waals surface area contributed by atoms with Crippen LogP contribution in [0, 0.1) is 10.1 Å². The van der Waals surface area contributed by atoms with Crippen molar-refractivity contribution in [3.05, 3.63) is 33.9 Å². The Labute approximate surface area is 112 Å². The van der Waals surface area contributed by atoms with E-state index in [0.29, 0.717) is 18.9 Å². The average molecular weight is 290 g/mol. The molecule has 0 spiro atoms. The molecule has 0 aromatic heterocycles. The van der Waals surface area contributed by atoms with E-state index < -0.39 is 28.5 Å². The van der Waals surface area contributed by atoms with E-state index in [2.05, 4.69) is 5.32 Å². The van der Waals surface area contributed by atoms with Gasteiger partial charge in [-0.25, -0.2) is 0 Å². The molecule has 1 aliphatic rings. The number of nitro benzene ring substituents is 1. The third kappa shape index (κ3) is 3.01. The number of aliphatic hydroxyl groups excluding tert-OH is 1. The largest absolute Gasteiger partial charge is 0.416 e. The standard InChI is InChI=1S/C12H13F3N2O3/c13-12(14,15)7-4-5-8(10(6-7)17(19)20)16-9-2-1-3-11(9)18/h4-6,9,11,16,18H,1-3H2/t9-,11-/m1/s1. The van der Waals surface area contributed by atoms with Gasteiger partial charge in [0.25, 0.3) is 5.69 Å². The Hall–Kier alpha value is -1.83. The van der Waals surface area contributed by atoms with Crippen molar-refractivity contribution in [3.63, 3.8) is 0 Å². The summed E-state index contributed by atoms with van der Waals surface area (Å²) in [4.78, 5) is 10.0. The van der Waals surface area contributed by atoms with Crippen molar-refractivity contribution in [2.45, 2.75) is 37.6 Å². The number of benzene rings is 1. The average Bonchev–Trinajstić information content (AvgIpc) is 2.74. The number of alkyl halides is 3. The number of hydrogen-bond acceptors (Lipinski definition) is 4. The van der Waals surface area contributed by atoms with E-state index in [1.54, 1.807) is 0 Å². The van der Waals surface area contributed by atoms with Gasteiger partial charge in [-0.15, -0.1) is 0 Å². The van der Waals surface area contributed by atoms with Crippen molar-refractivity contribution in [2.24, 2.45) is 0 Å². The zero-order chi connectivity index (χ0) is 14.9. The van der Waals surface area contributed by atoms with Crippen LogP contribution < -0.4 is 5.32 Å². The van der Waals surface area contributed by atoms with E-state index in [9.17, 15) is 28.4 Å². The predicted molar refractivity (Wildman–Crippen MR) is 65.4 cm³/mol. The monoisotopic (exact) mass is 290 g/mol. The lowest BCUT2D eigenvalue weighted by molar-refractivity contribution is -0.384. The molecule has 5 nitrogen and oxygen atoms in total. The molecule has 1 aliphatic carbocycles. The van der Waals surface area contributed by atoms with Crippen molar-refractivity contribution in [2.75, 3.05) is 5.32 Å².